The Kier molecular flexibility index (Phi) is 11.4. The molecule has 9 N–H and O–H groups in total. The lowest BCUT2D eigenvalue weighted by Crippen LogP contribution is -2.61. The number of benzene rings is 1. The van der Waals surface area contributed by atoms with E-state index < -0.39 is 41.6 Å². The number of thiophene rings is 1. The number of nitrogen functional groups attached to an aromatic ring is 2. The smallest absolute Gasteiger partial charge is 0.408 e. The summed E-state index contributed by atoms with van der Waals surface area (Å²) in [5.41, 5.74) is 9.43. The van der Waals surface area contributed by atoms with E-state index in [0.29, 0.717) is 16.0 Å². The maximum atomic E-state index is 13.7. The minimum atomic E-state index is -1.74. The average Bonchev–Trinajstić information content (AvgIpc) is 3.37. The van der Waals surface area contributed by atoms with E-state index in [9.17, 15) is 19.2 Å². The second kappa shape index (κ2) is 14.3. The Labute approximate surface area is 242 Å². The molecule has 222 valence electrons. The first kappa shape index (κ1) is 32.8. The number of rotatable bonds is 13. The van der Waals surface area contributed by atoms with Gasteiger partial charge in [0.05, 0.1) is 25.1 Å². The van der Waals surface area contributed by atoms with Gasteiger partial charge in [0.25, 0.3) is 0 Å². The average molecular weight is 588 g/mol. The SMILES string of the molecule is COC(=O)CCC(Cc1cccc(C(=N)N)c1)(NC(=O)OC(C)(C)C)C(=O)NCC(=O)NCc1ccc(C(=N)N)s1. The van der Waals surface area contributed by atoms with E-state index in [4.69, 9.17) is 31.8 Å². The molecule has 41 heavy (non-hydrogen) atoms. The molecule has 2 aromatic rings. The van der Waals surface area contributed by atoms with Crippen LogP contribution in [-0.4, -0.2) is 60.3 Å². The summed E-state index contributed by atoms with van der Waals surface area (Å²) in [5.74, 6) is -2.10. The lowest BCUT2D eigenvalue weighted by molar-refractivity contribution is -0.141. The second-order valence-electron chi connectivity index (χ2n) is 10.2. The molecule has 0 bridgehead atoms. The van der Waals surface area contributed by atoms with Crippen LogP contribution in [0.2, 0.25) is 0 Å². The summed E-state index contributed by atoms with van der Waals surface area (Å²) in [6.07, 6.45) is -1.42. The van der Waals surface area contributed by atoms with Gasteiger partial charge in [0.1, 0.15) is 22.8 Å². The molecule has 0 fully saturated rings. The summed E-state index contributed by atoms with van der Waals surface area (Å²) < 4.78 is 10.2. The van der Waals surface area contributed by atoms with Crippen LogP contribution in [0.15, 0.2) is 36.4 Å². The van der Waals surface area contributed by atoms with Crippen LogP contribution in [-0.2, 0) is 36.8 Å². The van der Waals surface area contributed by atoms with Crippen LogP contribution < -0.4 is 27.4 Å². The quantitative estimate of drug-likeness (QED) is 0.103. The molecule has 0 saturated heterocycles. The van der Waals surface area contributed by atoms with E-state index in [-0.39, 0.29) is 37.5 Å². The van der Waals surface area contributed by atoms with Gasteiger partial charge in [-0.05, 0) is 51.0 Å². The van der Waals surface area contributed by atoms with Gasteiger partial charge in [-0.15, -0.1) is 11.3 Å². The number of ether oxygens (including phenoxy) is 2. The molecule has 1 heterocycles. The standard InChI is InChI=1S/C27H37N7O6S/c1-26(2,3)40-25(38)34-27(11-10-21(36)39-4,13-16-6-5-7-17(12-16)22(28)29)24(37)33-15-20(35)32-14-18-8-9-19(41-18)23(30)31/h5-9,12H,10-11,13-15H2,1-4H3,(H3,28,29)(H3,30,31)(H,32,35)(H,33,37)(H,34,38). The van der Waals surface area contributed by atoms with Crippen LogP contribution in [0.1, 0.15) is 54.5 Å². The summed E-state index contributed by atoms with van der Waals surface area (Å²) in [4.78, 5) is 52.7. The summed E-state index contributed by atoms with van der Waals surface area (Å²) in [5, 5.41) is 23.1. The summed E-state index contributed by atoms with van der Waals surface area (Å²) in [6, 6.07) is 9.97. The second-order valence-corrected chi connectivity index (χ2v) is 11.4. The topological polar surface area (TPSA) is 223 Å². The number of hydrogen-bond acceptors (Lipinski definition) is 9. The van der Waals surface area contributed by atoms with E-state index in [1.54, 1.807) is 57.2 Å². The number of carbonyl (C=O) groups excluding carboxylic acids is 4. The van der Waals surface area contributed by atoms with Crippen molar-refractivity contribution in [1.29, 1.82) is 10.8 Å². The number of amides is 3. The zero-order valence-electron chi connectivity index (χ0n) is 23.5. The van der Waals surface area contributed by atoms with E-state index in [0.717, 1.165) is 4.88 Å². The van der Waals surface area contributed by atoms with E-state index >= 15 is 0 Å². The van der Waals surface area contributed by atoms with Gasteiger partial charge < -0.3 is 36.9 Å². The molecule has 0 radical (unpaired) electrons. The highest BCUT2D eigenvalue weighted by Crippen LogP contribution is 2.23. The molecule has 1 aromatic heterocycles. The highest BCUT2D eigenvalue weighted by atomic mass is 32.1. The Bertz CT molecular complexity index is 1300. The lowest BCUT2D eigenvalue weighted by atomic mass is 9.84. The first-order chi connectivity index (χ1) is 19.1. The van der Waals surface area contributed by atoms with Gasteiger partial charge in [-0.25, -0.2) is 4.79 Å². The van der Waals surface area contributed by atoms with Crippen LogP contribution in [0.3, 0.4) is 0 Å². The van der Waals surface area contributed by atoms with Gasteiger partial charge in [0.15, 0.2) is 0 Å². The van der Waals surface area contributed by atoms with Crippen molar-refractivity contribution < 1.29 is 28.7 Å². The zero-order chi connectivity index (χ0) is 30.8. The number of amidine groups is 2. The van der Waals surface area contributed by atoms with Crippen LogP contribution in [0.5, 0.6) is 0 Å². The highest BCUT2D eigenvalue weighted by Gasteiger charge is 2.42. The fourth-order valence-corrected chi connectivity index (χ4v) is 4.56. The van der Waals surface area contributed by atoms with Crippen LogP contribution in [0.25, 0.3) is 0 Å². The summed E-state index contributed by atoms with van der Waals surface area (Å²) >= 11 is 1.26. The number of esters is 1. The molecule has 1 aromatic carbocycles. The number of alkyl carbamates (subject to hydrolysis) is 1. The van der Waals surface area contributed by atoms with Crippen molar-refractivity contribution in [3.05, 3.63) is 57.3 Å². The van der Waals surface area contributed by atoms with Crippen LogP contribution >= 0.6 is 11.3 Å². The molecule has 0 aliphatic carbocycles. The predicted octanol–water partition coefficient (Wildman–Crippen LogP) is 1.51. The minimum Gasteiger partial charge on any atom is -0.469 e. The predicted molar refractivity (Wildman–Crippen MR) is 155 cm³/mol. The van der Waals surface area contributed by atoms with E-state index in [2.05, 4.69) is 16.0 Å². The Balaban J connectivity index is 2.31. The fourth-order valence-electron chi connectivity index (χ4n) is 3.76. The number of carbonyl (C=O) groups is 4. The Morgan fingerprint density at radius 1 is 1.00 bits per heavy atom. The number of nitrogens with two attached hydrogens (primary N) is 2. The normalized spacial score (nSPS) is 12.4. The third-order valence-corrected chi connectivity index (χ3v) is 6.82. The van der Waals surface area contributed by atoms with Gasteiger partial charge in [-0.2, -0.15) is 0 Å². The molecule has 0 aliphatic rings. The Morgan fingerprint density at radius 3 is 2.29 bits per heavy atom. The van der Waals surface area contributed by atoms with Crippen molar-refractivity contribution in [1.82, 2.24) is 16.0 Å². The third kappa shape index (κ3) is 10.6. The van der Waals surface area contributed by atoms with Gasteiger partial charge >= 0.3 is 12.1 Å². The molecule has 13 nitrogen and oxygen atoms in total. The van der Waals surface area contributed by atoms with Crippen molar-refractivity contribution in [3.8, 4) is 0 Å². The fraction of sp³-hybridized carbons (Fsp3) is 0.407. The van der Waals surface area contributed by atoms with Gasteiger partial charge in [-0.3, -0.25) is 25.2 Å². The molecule has 0 aliphatic heterocycles. The first-order valence-corrected chi connectivity index (χ1v) is 13.4. The van der Waals surface area contributed by atoms with Crippen LogP contribution in [0, 0.1) is 10.8 Å². The first-order valence-electron chi connectivity index (χ1n) is 12.6. The molecule has 1 atom stereocenters. The van der Waals surface area contributed by atoms with Crippen molar-refractivity contribution in [2.45, 2.75) is 57.7 Å². The molecule has 0 saturated carbocycles. The maximum Gasteiger partial charge on any atom is 0.408 e. The zero-order valence-corrected chi connectivity index (χ0v) is 24.3. The molecule has 3 amide bonds. The molecule has 0 spiro atoms. The molecule has 14 heteroatoms. The Hall–Kier alpha value is -4.46. The van der Waals surface area contributed by atoms with Gasteiger partial charge in [0, 0.05) is 23.3 Å². The number of hydrogen-bond donors (Lipinski definition) is 7. The summed E-state index contributed by atoms with van der Waals surface area (Å²) in [6.45, 7) is 4.73. The lowest BCUT2D eigenvalue weighted by Gasteiger charge is -2.34. The van der Waals surface area contributed by atoms with Crippen molar-refractivity contribution >= 4 is 46.9 Å². The monoisotopic (exact) mass is 587 g/mol. The van der Waals surface area contributed by atoms with E-state index in [1.165, 1.54) is 18.4 Å². The number of nitrogens with one attached hydrogen (secondary N) is 5. The Morgan fingerprint density at radius 2 is 1.71 bits per heavy atom. The third-order valence-electron chi connectivity index (χ3n) is 5.70. The molecule has 1 unspecified atom stereocenters. The van der Waals surface area contributed by atoms with Crippen molar-refractivity contribution in [3.63, 3.8) is 0 Å². The molecular weight excluding hydrogens is 550 g/mol. The molecular formula is C27H37N7O6S. The van der Waals surface area contributed by atoms with Crippen molar-refractivity contribution in [2.75, 3.05) is 13.7 Å². The van der Waals surface area contributed by atoms with Gasteiger partial charge in [0.2, 0.25) is 11.8 Å². The van der Waals surface area contributed by atoms with Gasteiger partial charge in [-0.1, -0.05) is 18.2 Å². The van der Waals surface area contributed by atoms with Crippen molar-refractivity contribution in [2.24, 2.45) is 11.5 Å². The minimum absolute atomic E-state index is 0.0746. The maximum absolute atomic E-state index is 13.7. The molecule has 2 rings (SSSR count). The van der Waals surface area contributed by atoms with E-state index in [1.807, 2.05) is 0 Å². The highest BCUT2D eigenvalue weighted by molar-refractivity contribution is 7.14. The van der Waals surface area contributed by atoms with Crippen LogP contribution in [0.4, 0.5) is 4.79 Å². The largest absolute Gasteiger partial charge is 0.469 e. The number of methoxy groups -OCH3 is 1. The summed E-state index contributed by atoms with van der Waals surface area (Å²) in [7, 11) is 1.21.